The zero-order valence-corrected chi connectivity index (χ0v) is 10.4. The van der Waals surface area contributed by atoms with Gasteiger partial charge in [0.2, 0.25) is 0 Å². The monoisotopic (exact) mass is 308 g/mol. The average Bonchev–Trinajstić information content (AvgIpc) is 2.17. The first-order valence-corrected chi connectivity index (χ1v) is 5.63. The zero-order chi connectivity index (χ0) is 9.84. The van der Waals surface area contributed by atoms with Gasteiger partial charge in [-0.05, 0) is 22.9 Å². The molecule has 0 heterocycles. The van der Waals surface area contributed by atoms with Crippen LogP contribution in [0.2, 0.25) is 0 Å². The Morgan fingerprint density at radius 1 is 1.54 bits per heavy atom. The molecule has 0 N–H and O–H groups in total. The molecule has 1 aliphatic rings. The van der Waals surface area contributed by atoms with Crippen molar-refractivity contribution in [2.75, 3.05) is 7.11 Å². The predicted octanol–water partition coefficient (Wildman–Crippen LogP) is 2.92. The van der Waals surface area contributed by atoms with Gasteiger partial charge in [-0.25, -0.2) is 0 Å². The molecule has 0 aromatic carbocycles. The lowest BCUT2D eigenvalue weighted by Crippen LogP contribution is -2.18. The van der Waals surface area contributed by atoms with Crippen molar-refractivity contribution in [1.29, 1.82) is 0 Å². The molecule has 1 atom stereocenters. The predicted molar refractivity (Wildman–Crippen MR) is 59.1 cm³/mol. The van der Waals surface area contributed by atoms with E-state index < -0.39 is 0 Å². The minimum atomic E-state index is -0.297. The molecule has 0 amide bonds. The fraction of sp³-hybridized carbons (Fsp3) is 0.444. The van der Waals surface area contributed by atoms with Crippen LogP contribution in [0, 0.1) is 0 Å². The largest absolute Gasteiger partial charge is 0.468 e. The van der Waals surface area contributed by atoms with E-state index in [2.05, 4.69) is 36.6 Å². The summed E-state index contributed by atoms with van der Waals surface area (Å²) in [5.41, 5.74) is 1.06. The van der Waals surface area contributed by atoms with Crippen LogP contribution in [0.15, 0.2) is 22.2 Å². The van der Waals surface area contributed by atoms with E-state index in [1.807, 2.05) is 12.2 Å². The summed E-state index contributed by atoms with van der Waals surface area (Å²) in [5, 5.41) is 0. The Bertz CT molecular complexity index is 269. The molecule has 0 aliphatic heterocycles. The second-order valence-corrected chi connectivity index (χ2v) is 4.68. The van der Waals surface area contributed by atoms with Crippen molar-refractivity contribution in [1.82, 2.24) is 0 Å². The lowest BCUT2D eigenvalue weighted by molar-refractivity contribution is -0.139. The summed E-state index contributed by atoms with van der Waals surface area (Å²) in [5.74, 6) is -0.238. The van der Waals surface area contributed by atoms with Crippen LogP contribution in [0.4, 0.5) is 0 Å². The van der Waals surface area contributed by atoms with Crippen LogP contribution in [0.25, 0.3) is 0 Å². The molecule has 72 valence electrons. The third-order valence-electron chi connectivity index (χ3n) is 1.86. The summed E-state index contributed by atoms with van der Waals surface area (Å²) in [6, 6.07) is 0. The van der Waals surface area contributed by atoms with Crippen molar-refractivity contribution < 1.29 is 9.53 Å². The number of alkyl halides is 1. The van der Waals surface area contributed by atoms with E-state index in [0.29, 0.717) is 0 Å². The van der Waals surface area contributed by atoms with Crippen molar-refractivity contribution in [3.63, 3.8) is 0 Å². The maximum Gasteiger partial charge on any atom is 0.323 e. The Morgan fingerprint density at radius 2 is 2.23 bits per heavy atom. The van der Waals surface area contributed by atoms with Gasteiger partial charge in [-0.3, -0.25) is 4.79 Å². The number of esters is 1. The van der Waals surface area contributed by atoms with E-state index in [4.69, 9.17) is 0 Å². The van der Waals surface area contributed by atoms with Crippen LogP contribution in [0.1, 0.15) is 12.8 Å². The van der Waals surface area contributed by atoms with Gasteiger partial charge in [0, 0.05) is 0 Å². The number of hydrogen-bond donors (Lipinski definition) is 0. The second-order valence-electron chi connectivity index (χ2n) is 2.74. The number of hydrogen-bond acceptors (Lipinski definition) is 2. The van der Waals surface area contributed by atoms with Crippen LogP contribution in [0.3, 0.4) is 0 Å². The quantitative estimate of drug-likeness (QED) is 0.579. The first kappa shape index (κ1) is 11.0. The van der Waals surface area contributed by atoms with E-state index >= 15 is 0 Å². The van der Waals surface area contributed by atoms with Crippen molar-refractivity contribution in [3.8, 4) is 0 Å². The third kappa shape index (κ3) is 2.95. The van der Waals surface area contributed by atoms with Gasteiger partial charge < -0.3 is 4.74 Å². The summed E-state index contributed by atoms with van der Waals surface area (Å²) < 4.78 is 5.80. The second kappa shape index (κ2) is 4.96. The van der Waals surface area contributed by atoms with Gasteiger partial charge in [0.25, 0.3) is 0 Å². The molecule has 1 rings (SSSR count). The Labute approximate surface area is 94.3 Å². The summed E-state index contributed by atoms with van der Waals surface area (Å²) in [6.45, 7) is 0. The number of halogens is 2. The molecule has 4 heteroatoms. The standard InChI is InChI=1S/C9H10Br2O2/c1-13-9(12)8(11)6-2-4-7(10)5-3-6/h2,4,8H,3,5H2,1H3. The topological polar surface area (TPSA) is 26.3 Å². The van der Waals surface area contributed by atoms with Crippen LogP contribution in [-0.4, -0.2) is 17.9 Å². The number of ether oxygens (including phenoxy) is 1. The molecule has 0 radical (unpaired) electrons. The molecule has 0 spiro atoms. The maximum atomic E-state index is 11.2. The Morgan fingerprint density at radius 3 is 2.69 bits per heavy atom. The highest BCUT2D eigenvalue weighted by atomic mass is 79.9. The minimum absolute atomic E-state index is 0.238. The van der Waals surface area contributed by atoms with Crippen molar-refractivity contribution in [2.45, 2.75) is 17.7 Å². The molecule has 1 unspecified atom stereocenters. The highest BCUT2D eigenvalue weighted by Crippen LogP contribution is 2.27. The average molecular weight is 310 g/mol. The summed E-state index contributed by atoms with van der Waals surface area (Å²) in [4.78, 5) is 10.9. The molecule has 2 nitrogen and oxygen atoms in total. The highest BCUT2D eigenvalue weighted by molar-refractivity contribution is 9.11. The van der Waals surface area contributed by atoms with Gasteiger partial charge in [0.05, 0.1) is 7.11 Å². The molecule has 0 aromatic heterocycles. The smallest absolute Gasteiger partial charge is 0.323 e. The van der Waals surface area contributed by atoms with E-state index in [0.717, 1.165) is 18.4 Å². The first-order valence-electron chi connectivity index (χ1n) is 3.92. The summed E-state index contributed by atoms with van der Waals surface area (Å²) in [7, 11) is 1.39. The van der Waals surface area contributed by atoms with Gasteiger partial charge in [-0.1, -0.05) is 44.0 Å². The SMILES string of the molecule is COC(=O)C(Br)C1=CC=C(Br)CC1. The fourth-order valence-electron chi connectivity index (χ4n) is 1.09. The minimum Gasteiger partial charge on any atom is -0.468 e. The third-order valence-corrected chi connectivity index (χ3v) is 3.49. The van der Waals surface area contributed by atoms with E-state index in [9.17, 15) is 4.79 Å². The Balaban J connectivity index is 2.68. The normalized spacial score (nSPS) is 18.7. The molecule has 0 fully saturated rings. The van der Waals surface area contributed by atoms with Crippen molar-refractivity contribution in [2.24, 2.45) is 0 Å². The summed E-state index contributed by atoms with van der Waals surface area (Å²) in [6.07, 6.45) is 5.76. The Hall–Kier alpha value is -0.0900. The van der Waals surface area contributed by atoms with Gasteiger partial charge in [-0.2, -0.15) is 0 Å². The molecular weight excluding hydrogens is 300 g/mol. The van der Waals surface area contributed by atoms with Crippen LogP contribution in [0.5, 0.6) is 0 Å². The van der Waals surface area contributed by atoms with E-state index in [1.165, 1.54) is 11.6 Å². The lowest BCUT2D eigenvalue weighted by atomic mass is 10.0. The molecule has 0 bridgehead atoms. The van der Waals surface area contributed by atoms with Gasteiger partial charge in [-0.15, -0.1) is 0 Å². The first-order chi connectivity index (χ1) is 6.15. The zero-order valence-electron chi connectivity index (χ0n) is 7.22. The fourth-order valence-corrected chi connectivity index (χ4v) is 1.99. The van der Waals surface area contributed by atoms with Crippen LogP contribution in [-0.2, 0) is 9.53 Å². The van der Waals surface area contributed by atoms with Crippen molar-refractivity contribution >= 4 is 37.8 Å². The molecule has 0 saturated heterocycles. The molecular formula is C9H10Br2O2. The van der Waals surface area contributed by atoms with E-state index in [1.54, 1.807) is 0 Å². The number of allylic oxidation sites excluding steroid dienone is 3. The molecule has 0 aromatic rings. The number of carbonyl (C=O) groups is 1. The number of carbonyl (C=O) groups excluding carboxylic acids is 1. The Kier molecular flexibility index (Phi) is 4.19. The molecule has 1 aliphatic carbocycles. The van der Waals surface area contributed by atoms with Crippen LogP contribution < -0.4 is 0 Å². The van der Waals surface area contributed by atoms with Crippen LogP contribution >= 0.6 is 31.9 Å². The van der Waals surface area contributed by atoms with Gasteiger partial charge in [0.15, 0.2) is 0 Å². The number of methoxy groups -OCH3 is 1. The van der Waals surface area contributed by atoms with Gasteiger partial charge in [0.1, 0.15) is 4.83 Å². The lowest BCUT2D eigenvalue weighted by Gasteiger charge is -2.14. The maximum absolute atomic E-state index is 11.2. The molecule has 0 saturated carbocycles. The van der Waals surface area contributed by atoms with Crippen molar-refractivity contribution in [3.05, 3.63) is 22.2 Å². The van der Waals surface area contributed by atoms with E-state index in [-0.39, 0.29) is 10.8 Å². The highest BCUT2D eigenvalue weighted by Gasteiger charge is 2.20. The molecule has 13 heavy (non-hydrogen) atoms. The van der Waals surface area contributed by atoms with Gasteiger partial charge >= 0.3 is 5.97 Å². The summed E-state index contributed by atoms with van der Waals surface area (Å²) >= 11 is 6.70. The number of rotatable bonds is 2.